The third kappa shape index (κ3) is 3.79. The van der Waals surface area contributed by atoms with Crippen molar-refractivity contribution in [3.63, 3.8) is 0 Å². The van der Waals surface area contributed by atoms with Gasteiger partial charge in [-0.3, -0.25) is 9.59 Å². The topological polar surface area (TPSA) is 66.4 Å². The third-order valence-electron chi connectivity index (χ3n) is 3.71. The first-order chi connectivity index (χ1) is 9.56. The minimum atomic E-state index is -0.907. The molecule has 4 nitrogen and oxygen atoms in total. The number of carboxylic acids is 1. The zero-order chi connectivity index (χ0) is 14.5. The van der Waals surface area contributed by atoms with Crippen LogP contribution in [0.1, 0.15) is 43.7 Å². The minimum absolute atomic E-state index is 0.0315. The molecule has 1 amide bonds. The highest BCUT2D eigenvalue weighted by molar-refractivity contribution is 5.80. The molecule has 1 atom stereocenters. The van der Waals surface area contributed by atoms with Crippen LogP contribution in [-0.4, -0.2) is 17.0 Å². The lowest BCUT2D eigenvalue weighted by Crippen LogP contribution is -2.37. The van der Waals surface area contributed by atoms with E-state index in [1.807, 2.05) is 0 Å². The highest BCUT2D eigenvalue weighted by Gasteiger charge is 2.27. The van der Waals surface area contributed by atoms with Gasteiger partial charge < -0.3 is 10.4 Å². The first kappa shape index (κ1) is 14.5. The number of carboxylic acid groups (broad SMARTS) is 1. The average molecular weight is 279 g/mol. The number of carbonyl (C=O) groups excluding carboxylic acids is 1. The van der Waals surface area contributed by atoms with Gasteiger partial charge in [-0.05, 0) is 37.0 Å². The van der Waals surface area contributed by atoms with Crippen LogP contribution in [-0.2, 0) is 9.59 Å². The van der Waals surface area contributed by atoms with Crippen molar-refractivity contribution in [2.75, 3.05) is 0 Å². The zero-order valence-electron chi connectivity index (χ0n) is 11.1. The number of halogens is 1. The van der Waals surface area contributed by atoms with Crippen molar-refractivity contribution in [3.8, 4) is 0 Å². The Balaban J connectivity index is 2.04. The van der Waals surface area contributed by atoms with Gasteiger partial charge in [-0.2, -0.15) is 0 Å². The molecule has 0 radical (unpaired) electrons. The Morgan fingerprint density at radius 1 is 1.30 bits per heavy atom. The van der Waals surface area contributed by atoms with Crippen LogP contribution in [0.15, 0.2) is 24.3 Å². The summed E-state index contributed by atoms with van der Waals surface area (Å²) in [6.45, 7) is 0. The lowest BCUT2D eigenvalue weighted by atomic mass is 9.84. The van der Waals surface area contributed by atoms with Crippen LogP contribution in [0.2, 0.25) is 0 Å². The molecule has 2 rings (SSSR count). The first-order valence-corrected chi connectivity index (χ1v) is 6.84. The van der Waals surface area contributed by atoms with E-state index in [1.165, 1.54) is 12.1 Å². The molecule has 1 aliphatic rings. The van der Waals surface area contributed by atoms with Crippen molar-refractivity contribution >= 4 is 11.9 Å². The molecule has 1 aromatic carbocycles. The fourth-order valence-electron chi connectivity index (χ4n) is 2.25. The van der Waals surface area contributed by atoms with Crippen molar-refractivity contribution < 1.29 is 19.1 Å². The van der Waals surface area contributed by atoms with Crippen LogP contribution in [0.3, 0.4) is 0 Å². The molecule has 1 aromatic rings. The summed E-state index contributed by atoms with van der Waals surface area (Å²) in [4.78, 5) is 22.7. The van der Waals surface area contributed by atoms with Gasteiger partial charge in [-0.1, -0.05) is 18.6 Å². The fourth-order valence-corrected chi connectivity index (χ4v) is 2.25. The van der Waals surface area contributed by atoms with Crippen molar-refractivity contribution in [2.45, 2.75) is 38.1 Å². The lowest BCUT2D eigenvalue weighted by molar-refractivity contribution is -0.137. The van der Waals surface area contributed by atoms with E-state index in [2.05, 4.69) is 5.32 Å². The molecule has 1 fully saturated rings. The standard InChI is InChI=1S/C15H18FNO3/c16-12-6-4-10(5-7-12)13(8-9-14(18)19)17-15(20)11-2-1-3-11/h4-7,11,13H,1-3,8-9H2,(H,17,20)(H,18,19). The van der Waals surface area contributed by atoms with Gasteiger partial charge in [-0.25, -0.2) is 4.39 Å². The largest absolute Gasteiger partial charge is 0.481 e. The van der Waals surface area contributed by atoms with Crippen molar-refractivity contribution in [2.24, 2.45) is 5.92 Å². The van der Waals surface area contributed by atoms with E-state index in [1.54, 1.807) is 12.1 Å². The van der Waals surface area contributed by atoms with Crippen LogP contribution < -0.4 is 5.32 Å². The molecule has 0 aliphatic heterocycles. The average Bonchev–Trinajstić information content (AvgIpc) is 2.33. The highest BCUT2D eigenvalue weighted by atomic mass is 19.1. The molecule has 0 aromatic heterocycles. The fraction of sp³-hybridized carbons (Fsp3) is 0.467. The number of nitrogens with one attached hydrogen (secondary N) is 1. The zero-order valence-corrected chi connectivity index (χ0v) is 11.1. The number of hydrogen-bond donors (Lipinski definition) is 2. The molecule has 1 aliphatic carbocycles. The Labute approximate surface area is 117 Å². The maximum Gasteiger partial charge on any atom is 0.303 e. The van der Waals surface area contributed by atoms with Gasteiger partial charge in [0.25, 0.3) is 0 Å². The minimum Gasteiger partial charge on any atom is -0.481 e. The molecule has 1 saturated carbocycles. The Morgan fingerprint density at radius 2 is 1.95 bits per heavy atom. The molecule has 5 heteroatoms. The van der Waals surface area contributed by atoms with Gasteiger partial charge in [0.05, 0.1) is 6.04 Å². The summed E-state index contributed by atoms with van der Waals surface area (Å²) in [5.74, 6) is -1.25. The smallest absolute Gasteiger partial charge is 0.303 e. The lowest BCUT2D eigenvalue weighted by Gasteiger charge is -2.27. The van der Waals surface area contributed by atoms with Crippen LogP contribution in [0, 0.1) is 11.7 Å². The molecule has 0 spiro atoms. The number of hydrogen-bond acceptors (Lipinski definition) is 2. The summed E-state index contributed by atoms with van der Waals surface area (Å²) in [6.07, 6.45) is 3.11. The van der Waals surface area contributed by atoms with E-state index in [9.17, 15) is 14.0 Å². The molecule has 0 bridgehead atoms. The highest BCUT2D eigenvalue weighted by Crippen LogP contribution is 2.28. The summed E-state index contributed by atoms with van der Waals surface area (Å²) in [7, 11) is 0. The SMILES string of the molecule is O=C(O)CCC(NC(=O)C1CCC1)c1ccc(F)cc1. The van der Waals surface area contributed by atoms with E-state index in [4.69, 9.17) is 5.11 Å². The molecule has 0 heterocycles. The number of benzene rings is 1. The normalized spacial score (nSPS) is 16.2. The van der Waals surface area contributed by atoms with Gasteiger partial charge in [0.1, 0.15) is 5.82 Å². The molecule has 2 N–H and O–H groups in total. The third-order valence-corrected chi connectivity index (χ3v) is 3.71. The van der Waals surface area contributed by atoms with Gasteiger partial charge in [0, 0.05) is 12.3 Å². The summed E-state index contributed by atoms with van der Waals surface area (Å²) in [5, 5.41) is 11.7. The van der Waals surface area contributed by atoms with Gasteiger partial charge in [0.2, 0.25) is 5.91 Å². The van der Waals surface area contributed by atoms with E-state index >= 15 is 0 Å². The predicted octanol–water partition coefficient (Wildman–Crippen LogP) is 2.65. The molecule has 0 saturated heterocycles. The first-order valence-electron chi connectivity index (χ1n) is 6.84. The van der Waals surface area contributed by atoms with E-state index in [0.29, 0.717) is 6.42 Å². The van der Waals surface area contributed by atoms with Crippen LogP contribution in [0.25, 0.3) is 0 Å². The molecular formula is C15H18FNO3. The summed E-state index contributed by atoms with van der Waals surface area (Å²) in [6, 6.07) is 5.43. The summed E-state index contributed by atoms with van der Waals surface area (Å²) < 4.78 is 12.9. The Bertz CT molecular complexity index is 482. The monoisotopic (exact) mass is 279 g/mol. The van der Waals surface area contributed by atoms with E-state index < -0.39 is 5.97 Å². The van der Waals surface area contributed by atoms with Gasteiger partial charge >= 0.3 is 5.97 Å². The summed E-state index contributed by atoms with van der Waals surface area (Å²) >= 11 is 0. The summed E-state index contributed by atoms with van der Waals surface area (Å²) in [5.41, 5.74) is 0.736. The van der Waals surface area contributed by atoms with Crippen LogP contribution in [0.4, 0.5) is 4.39 Å². The number of rotatable bonds is 6. The van der Waals surface area contributed by atoms with E-state index in [-0.39, 0.29) is 30.1 Å². The van der Waals surface area contributed by atoms with Crippen LogP contribution in [0.5, 0.6) is 0 Å². The molecule has 108 valence electrons. The number of aliphatic carboxylic acids is 1. The second-order valence-corrected chi connectivity index (χ2v) is 5.17. The second-order valence-electron chi connectivity index (χ2n) is 5.17. The quantitative estimate of drug-likeness (QED) is 0.841. The Morgan fingerprint density at radius 3 is 2.45 bits per heavy atom. The van der Waals surface area contributed by atoms with Crippen molar-refractivity contribution in [1.29, 1.82) is 0 Å². The second kappa shape index (κ2) is 6.50. The molecule has 1 unspecified atom stereocenters. The maximum atomic E-state index is 12.9. The molecular weight excluding hydrogens is 261 g/mol. The van der Waals surface area contributed by atoms with Crippen molar-refractivity contribution in [3.05, 3.63) is 35.6 Å². The number of carbonyl (C=O) groups is 2. The number of amides is 1. The van der Waals surface area contributed by atoms with Gasteiger partial charge in [-0.15, -0.1) is 0 Å². The Hall–Kier alpha value is -1.91. The van der Waals surface area contributed by atoms with Crippen molar-refractivity contribution in [1.82, 2.24) is 5.32 Å². The Kier molecular flexibility index (Phi) is 4.71. The predicted molar refractivity (Wildman–Crippen MR) is 71.5 cm³/mol. The van der Waals surface area contributed by atoms with E-state index in [0.717, 1.165) is 24.8 Å². The van der Waals surface area contributed by atoms with Gasteiger partial charge in [0.15, 0.2) is 0 Å². The van der Waals surface area contributed by atoms with Crippen LogP contribution >= 0.6 is 0 Å². The maximum absolute atomic E-state index is 12.9. The molecule has 20 heavy (non-hydrogen) atoms.